The Kier molecular flexibility index (Phi) is 5.99. The Labute approximate surface area is 197 Å². The van der Waals surface area contributed by atoms with Crippen LogP contribution in [0.5, 0.6) is 11.5 Å². The van der Waals surface area contributed by atoms with Crippen molar-refractivity contribution < 1.29 is 14.3 Å². The second-order valence-corrected chi connectivity index (χ2v) is 8.15. The molecule has 3 heterocycles. The molecule has 9 heteroatoms. The minimum absolute atomic E-state index is 0.00581. The van der Waals surface area contributed by atoms with Crippen LogP contribution in [0.4, 0.5) is 11.5 Å². The van der Waals surface area contributed by atoms with Crippen molar-refractivity contribution in [3.8, 4) is 22.8 Å². The first-order chi connectivity index (χ1) is 16.7. The number of fused-ring (bicyclic) bond motifs is 1. The molecule has 1 saturated heterocycles. The predicted octanol–water partition coefficient (Wildman–Crippen LogP) is 3.66. The average molecular weight is 459 g/mol. The summed E-state index contributed by atoms with van der Waals surface area (Å²) in [5.41, 5.74) is 2.52. The van der Waals surface area contributed by atoms with Gasteiger partial charge in [-0.2, -0.15) is 14.6 Å². The quantitative estimate of drug-likeness (QED) is 0.471. The van der Waals surface area contributed by atoms with Gasteiger partial charge in [0.2, 0.25) is 5.91 Å². The summed E-state index contributed by atoms with van der Waals surface area (Å²) in [6.45, 7) is 1.45. The fraction of sp³-hybridized carbons (Fsp3) is 0.280. The molecule has 9 nitrogen and oxygen atoms in total. The van der Waals surface area contributed by atoms with E-state index in [0.717, 1.165) is 43.0 Å². The molecule has 0 bridgehead atoms. The van der Waals surface area contributed by atoms with Gasteiger partial charge in [-0.3, -0.25) is 4.79 Å². The Morgan fingerprint density at radius 1 is 1.03 bits per heavy atom. The van der Waals surface area contributed by atoms with E-state index in [9.17, 15) is 4.79 Å². The molecule has 4 aromatic rings. The molecule has 1 N–H and O–H groups in total. The van der Waals surface area contributed by atoms with Crippen LogP contribution < -0.4 is 19.7 Å². The molecule has 0 radical (unpaired) electrons. The third-order valence-corrected chi connectivity index (χ3v) is 6.16. The lowest BCUT2D eigenvalue weighted by Gasteiger charge is -2.33. The summed E-state index contributed by atoms with van der Waals surface area (Å²) in [5.74, 6) is 2.64. The van der Waals surface area contributed by atoms with Crippen LogP contribution in [0.25, 0.3) is 17.0 Å². The molecule has 1 amide bonds. The van der Waals surface area contributed by atoms with Crippen molar-refractivity contribution in [3.05, 3.63) is 60.9 Å². The third-order valence-electron chi connectivity index (χ3n) is 6.16. The lowest BCUT2D eigenvalue weighted by Crippen LogP contribution is -2.39. The minimum Gasteiger partial charge on any atom is -0.497 e. The molecule has 1 aliphatic rings. The van der Waals surface area contributed by atoms with E-state index >= 15 is 0 Å². The van der Waals surface area contributed by atoms with Gasteiger partial charge in [0.25, 0.3) is 5.78 Å². The van der Waals surface area contributed by atoms with Gasteiger partial charge in [-0.1, -0.05) is 30.3 Å². The summed E-state index contributed by atoms with van der Waals surface area (Å²) in [7, 11) is 3.17. The zero-order chi connectivity index (χ0) is 23.5. The summed E-state index contributed by atoms with van der Waals surface area (Å²) in [5, 5.41) is 7.39. The van der Waals surface area contributed by atoms with Crippen LogP contribution in [-0.4, -0.2) is 52.8 Å². The maximum atomic E-state index is 13.0. The first-order valence-corrected chi connectivity index (χ1v) is 11.2. The molecule has 0 spiro atoms. The fourth-order valence-corrected chi connectivity index (χ4v) is 4.29. The molecule has 1 fully saturated rings. The molecule has 2 aromatic carbocycles. The van der Waals surface area contributed by atoms with Gasteiger partial charge in [-0.05, 0) is 25.0 Å². The van der Waals surface area contributed by atoms with E-state index in [-0.39, 0.29) is 11.8 Å². The Morgan fingerprint density at radius 3 is 2.56 bits per heavy atom. The van der Waals surface area contributed by atoms with E-state index in [1.165, 1.54) is 6.33 Å². The summed E-state index contributed by atoms with van der Waals surface area (Å²) in [4.78, 5) is 24.2. The molecular formula is C25H26N6O3. The Balaban J connectivity index is 1.31. The third kappa shape index (κ3) is 4.24. The SMILES string of the molecule is COc1ccc(NC(=O)C2CCN(c3cc(-c4ccccc4)nc4ncnn34)CC2)c(OC)c1. The fourth-order valence-electron chi connectivity index (χ4n) is 4.29. The minimum atomic E-state index is -0.0928. The van der Waals surface area contributed by atoms with Crippen molar-refractivity contribution in [1.82, 2.24) is 19.6 Å². The van der Waals surface area contributed by atoms with E-state index in [1.807, 2.05) is 36.4 Å². The Morgan fingerprint density at radius 2 is 1.82 bits per heavy atom. The molecular weight excluding hydrogens is 432 g/mol. The summed E-state index contributed by atoms with van der Waals surface area (Å²) in [6.07, 6.45) is 2.97. The number of hydrogen-bond acceptors (Lipinski definition) is 7. The average Bonchev–Trinajstić information content (AvgIpc) is 3.38. The standard InChI is InChI=1S/C25H26N6O3/c1-33-19-8-9-20(22(14-19)34-2)28-24(32)18-10-12-30(13-11-18)23-15-21(17-6-4-3-5-7-17)29-25-26-16-27-31(23)25/h3-9,14-16,18H,10-13H2,1-2H3,(H,28,32). The normalized spacial score (nSPS) is 14.2. The van der Waals surface area contributed by atoms with E-state index in [2.05, 4.69) is 25.3 Å². The molecule has 1 aliphatic heterocycles. The Bertz CT molecular complexity index is 1300. The highest BCUT2D eigenvalue weighted by molar-refractivity contribution is 5.94. The summed E-state index contributed by atoms with van der Waals surface area (Å²) < 4.78 is 12.4. The van der Waals surface area contributed by atoms with Crippen molar-refractivity contribution >= 4 is 23.2 Å². The number of piperidine rings is 1. The monoisotopic (exact) mass is 458 g/mol. The second kappa shape index (κ2) is 9.38. The molecule has 2 aromatic heterocycles. The molecule has 5 rings (SSSR count). The van der Waals surface area contributed by atoms with E-state index in [0.29, 0.717) is 23.0 Å². The van der Waals surface area contributed by atoms with Gasteiger partial charge >= 0.3 is 0 Å². The summed E-state index contributed by atoms with van der Waals surface area (Å²) >= 11 is 0. The van der Waals surface area contributed by atoms with Crippen LogP contribution in [0.15, 0.2) is 60.9 Å². The van der Waals surface area contributed by atoms with Gasteiger partial charge in [-0.25, -0.2) is 4.98 Å². The molecule has 0 unspecified atom stereocenters. The van der Waals surface area contributed by atoms with Gasteiger partial charge in [0.05, 0.1) is 25.6 Å². The molecule has 34 heavy (non-hydrogen) atoms. The number of aromatic nitrogens is 4. The van der Waals surface area contributed by atoms with E-state index in [1.54, 1.807) is 36.9 Å². The van der Waals surface area contributed by atoms with Crippen molar-refractivity contribution in [2.45, 2.75) is 12.8 Å². The van der Waals surface area contributed by atoms with Crippen LogP contribution in [0, 0.1) is 5.92 Å². The second-order valence-electron chi connectivity index (χ2n) is 8.15. The van der Waals surface area contributed by atoms with Crippen molar-refractivity contribution in [2.24, 2.45) is 5.92 Å². The smallest absolute Gasteiger partial charge is 0.254 e. The van der Waals surface area contributed by atoms with E-state index < -0.39 is 0 Å². The number of rotatable bonds is 6. The number of nitrogens with zero attached hydrogens (tertiary/aromatic N) is 5. The van der Waals surface area contributed by atoms with Gasteiger partial charge in [0, 0.05) is 36.7 Å². The highest BCUT2D eigenvalue weighted by atomic mass is 16.5. The van der Waals surface area contributed by atoms with Crippen LogP contribution >= 0.6 is 0 Å². The molecule has 0 aliphatic carbocycles. The lowest BCUT2D eigenvalue weighted by molar-refractivity contribution is -0.120. The van der Waals surface area contributed by atoms with Crippen molar-refractivity contribution in [2.75, 3.05) is 37.5 Å². The summed E-state index contributed by atoms with van der Waals surface area (Å²) in [6, 6.07) is 17.4. The molecule has 0 atom stereocenters. The van der Waals surface area contributed by atoms with Gasteiger partial charge in [0.15, 0.2) is 0 Å². The number of nitrogens with one attached hydrogen (secondary N) is 1. The first-order valence-electron chi connectivity index (χ1n) is 11.2. The number of methoxy groups -OCH3 is 2. The number of ether oxygens (including phenoxy) is 2. The van der Waals surface area contributed by atoms with Crippen LogP contribution in [0.3, 0.4) is 0 Å². The maximum absolute atomic E-state index is 13.0. The van der Waals surface area contributed by atoms with Crippen molar-refractivity contribution in [3.63, 3.8) is 0 Å². The number of benzene rings is 2. The number of carbonyl (C=O) groups excluding carboxylic acids is 1. The van der Waals surface area contributed by atoms with E-state index in [4.69, 9.17) is 9.47 Å². The van der Waals surface area contributed by atoms with Gasteiger partial charge in [0.1, 0.15) is 23.6 Å². The Hall–Kier alpha value is -4.14. The molecule has 174 valence electrons. The number of anilines is 2. The largest absolute Gasteiger partial charge is 0.497 e. The van der Waals surface area contributed by atoms with Crippen LogP contribution in [0.1, 0.15) is 12.8 Å². The predicted molar refractivity (Wildman–Crippen MR) is 129 cm³/mol. The molecule has 0 saturated carbocycles. The topological polar surface area (TPSA) is 93.9 Å². The van der Waals surface area contributed by atoms with Gasteiger partial charge < -0.3 is 19.7 Å². The zero-order valence-electron chi connectivity index (χ0n) is 19.1. The van der Waals surface area contributed by atoms with Crippen LogP contribution in [-0.2, 0) is 4.79 Å². The number of carbonyl (C=O) groups is 1. The lowest BCUT2D eigenvalue weighted by atomic mass is 9.95. The first kappa shape index (κ1) is 21.7. The number of amides is 1. The van der Waals surface area contributed by atoms with Crippen molar-refractivity contribution in [1.29, 1.82) is 0 Å². The zero-order valence-corrected chi connectivity index (χ0v) is 19.1. The number of hydrogen-bond donors (Lipinski definition) is 1. The highest BCUT2D eigenvalue weighted by Crippen LogP contribution is 2.31. The highest BCUT2D eigenvalue weighted by Gasteiger charge is 2.27. The van der Waals surface area contributed by atoms with Crippen LogP contribution in [0.2, 0.25) is 0 Å². The van der Waals surface area contributed by atoms with Gasteiger partial charge in [-0.15, -0.1) is 0 Å². The maximum Gasteiger partial charge on any atom is 0.254 e.